The second-order valence-corrected chi connectivity index (χ2v) is 9.77. The molecule has 0 aromatic heterocycles. The second kappa shape index (κ2) is 13.4. The van der Waals surface area contributed by atoms with Gasteiger partial charge in [-0.3, -0.25) is 0 Å². The van der Waals surface area contributed by atoms with Gasteiger partial charge < -0.3 is 33.5 Å². The maximum atomic E-state index is 11.4. The van der Waals surface area contributed by atoms with Crippen LogP contribution in [0.2, 0.25) is 0 Å². The summed E-state index contributed by atoms with van der Waals surface area (Å²) in [6, 6.07) is 29.8. The third-order valence-electron chi connectivity index (χ3n) is 6.84. The first kappa shape index (κ1) is 27.0. The molecule has 1 N–H and O–H groups in total. The average molecular weight is 521 g/mol. The first-order valence-electron chi connectivity index (χ1n) is 13.2. The van der Waals surface area contributed by atoms with Crippen LogP contribution in [-0.2, 0) is 48.2 Å². The number of aliphatic hydroxyl groups is 1. The summed E-state index contributed by atoms with van der Waals surface area (Å²) in [6.45, 7) is 3.68. The molecule has 0 radical (unpaired) electrons. The van der Waals surface area contributed by atoms with E-state index in [2.05, 4.69) is 0 Å². The molecule has 7 nitrogen and oxygen atoms in total. The average Bonchev–Trinajstić information content (AvgIpc) is 3.67. The topological polar surface area (TPSA) is 78.9 Å². The Morgan fingerprint density at radius 1 is 0.605 bits per heavy atom. The van der Waals surface area contributed by atoms with Crippen LogP contribution in [0.5, 0.6) is 0 Å². The molecule has 0 saturated carbocycles. The van der Waals surface area contributed by atoms with Crippen molar-refractivity contribution in [1.82, 2.24) is 0 Å². The van der Waals surface area contributed by atoms with Gasteiger partial charge in [0.2, 0.25) is 0 Å². The highest BCUT2D eigenvalue weighted by atomic mass is 16.7. The predicted molar refractivity (Wildman–Crippen MR) is 141 cm³/mol. The number of aliphatic hydroxyl groups excluding tert-OH is 1. The van der Waals surface area contributed by atoms with Crippen molar-refractivity contribution >= 4 is 0 Å². The van der Waals surface area contributed by atoms with Crippen molar-refractivity contribution in [2.24, 2.45) is 0 Å². The number of hydrogen-bond donors (Lipinski definition) is 1. The molecule has 0 unspecified atom stereocenters. The fraction of sp³-hybridized carbons (Fsp3) is 0.419. The monoisotopic (exact) mass is 520 g/mol. The molecular formula is C31H36O7. The van der Waals surface area contributed by atoms with E-state index < -0.39 is 30.7 Å². The molecule has 38 heavy (non-hydrogen) atoms. The Labute approximate surface area is 224 Å². The van der Waals surface area contributed by atoms with Gasteiger partial charge in [0.1, 0.15) is 30.5 Å². The molecule has 7 atom stereocenters. The molecule has 2 aliphatic rings. The molecule has 2 fully saturated rings. The van der Waals surface area contributed by atoms with E-state index in [0.717, 1.165) is 16.7 Å². The highest BCUT2D eigenvalue weighted by Gasteiger charge is 2.48. The highest BCUT2D eigenvalue weighted by molar-refractivity contribution is 5.15. The molecule has 7 heteroatoms. The van der Waals surface area contributed by atoms with Crippen LogP contribution in [0.15, 0.2) is 91.0 Å². The molecule has 3 aromatic rings. The number of ether oxygens (including phenoxy) is 6. The van der Waals surface area contributed by atoms with E-state index >= 15 is 0 Å². The van der Waals surface area contributed by atoms with Crippen molar-refractivity contribution < 1.29 is 33.5 Å². The van der Waals surface area contributed by atoms with Crippen LogP contribution in [0, 0.1) is 0 Å². The normalized spacial score (nSPS) is 28.7. The minimum atomic E-state index is -1.06. The van der Waals surface area contributed by atoms with Gasteiger partial charge in [0.15, 0.2) is 6.29 Å². The summed E-state index contributed by atoms with van der Waals surface area (Å²) in [5.74, 6) is 0. The van der Waals surface area contributed by atoms with Crippen LogP contribution < -0.4 is 0 Å². The molecule has 2 heterocycles. The van der Waals surface area contributed by atoms with E-state index in [1.54, 1.807) is 0 Å². The quantitative estimate of drug-likeness (QED) is 0.337. The van der Waals surface area contributed by atoms with Crippen LogP contribution in [0.3, 0.4) is 0 Å². The van der Waals surface area contributed by atoms with E-state index in [1.165, 1.54) is 0 Å². The summed E-state index contributed by atoms with van der Waals surface area (Å²) < 4.78 is 36.5. The van der Waals surface area contributed by atoms with Gasteiger partial charge in [0.25, 0.3) is 0 Å². The minimum Gasteiger partial charge on any atom is -0.385 e. The molecule has 3 aromatic carbocycles. The van der Waals surface area contributed by atoms with Crippen LogP contribution in [0.4, 0.5) is 0 Å². The van der Waals surface area contributed by atoms with Crippen molar-refractivity contribution in [2.75, 3.05) is 13.2 Å². The summed E-state index contributed by atoms with van der Waals surface area (Å²) in [5.41, 5.74) is 3.09. The summed E-state index contributed by atoms with van der Waals surface area (Å²) in [7, 11) is 0. The standard InChI is InChI=1S/C31H36O7/c1-22-26(37-22)21-36-31-28(32)30(35-19-25-15-9-4-10-16-25)29(34-18-24-13-7-3-8-14-24)27(38-31)20-33-17-23-11-5-2-6-12-23/h2-16,22,26-32H,17-21H2,1H3/t22-,26-,27+,28+,29+,30+,31+/m0/s1. The number of hydrogen-bond acceptors (Lipinski definition) is 7. The zero-order valence-corrected chi connectivity index (χ0v) is 21.6. The molecule has 2 aliphatic heterocycles. The first-order chi connectivity index (χ1) is 18.7. The molecule has 2 saturated heterocycles. The minimum absolute atomic E-state index is 0.00863. The molecule has 202 valence electrons. The van der Waals surface area contributed by atoms with Gasteiger partial charge in [0, 0.05) is 0 Å². The van der Waals surface area contributed by atoms with Crippen molar-refractivity contribution in [3.8, 4) is 0 Å². The lowest BCUT2D eigenvalue weighted by atomic mass is 9.98. The van der Waals surface area contributed by atoms with Crippen molar-refractivity contribution in [1.29, 1.82) is 0 Å². The van der Waals surface area contributed by atoms with Crippen molar-refractivity contribution in [2.45, 2.75) is 69.7 Å². The number of benzene rings is 3. The highest BCUT2D eigenvalue weighted by Crippen LogP contribution is 2.30. The summed E-state index contributed by atoms with van der Waals surface area (Å²) in [6.07, 6.45) is -3.59. The van der Waals surface area contributed by atoms with E-state index in [4.69, 9.17) is 28.4 Å². The van der Waals surface area contributed by atoms with Gasteiger partial charge in [-0.1, -0.05) is 91.0 Å². The zero-order valence-electron chi connectivity index (χ0n) is 21.6. The summed E-state index contributed by atoms with van der Waals surface area (Å²) in [4.78, 5) is 0. The van der Waals surface area contributed by atoms with Gasteiger partial charge in [-0.15, -0.1) is 0 Å². The summed E-state index contributed by atoms with van der Waals surface area (Å²) >= 11 is 0. The SMILES string of the molecule is C[C@@H]1O[C@H]1CO[C@@H]1O[C@H](COCc2ccccc2)[C@@H](OCc2ccccc2)[C@H](OCc2ccccc2)[C@H]1O. The zero-order chi connectivity index (χ0) is 26.2. The lowest BCUT2D eigenvalue weighted by molar-refractivity contribution is -0.319. The Hall–Kier alpha value is -2.62. The van der Waals surface area contributed by atoms with E-state index in [0.29, 0.717) is 26.4 Å². The van der Waals surface area contributed by atoms with Crippen LogP contribution in [0.25, 0.3) is 0 Å². The fourth-order valence-electron chi connectivity index (χ4n) is 4.55. The van der Waals surface area contributed by atoms with Gasteiger partial charge in [-0.25, -0.2) is 0 Å². The van der Waals surface area contributed by atoms with Crippen molar-refractivity contribution in [3.05, 3.63) is 108 Å². The Morgan fingerprint density at radius 2 is 1.11 bits per heavy atom. The molecule has 0 aliphatic carbocycles. The maximum absolute atomic E-state index is 11.4. The Bertz CT molecular complexity index is 1080. The Balaban J connectivity index is 1.32. The number of epoxide rings is 1. The van der Waals surface area contributed by atoms with Gasteiger partial charge in [-0.05, 0) is 23.6 Å². The lowest BCUT2D eigenvalue weighted by Gasteiger charge is -2.44. The van der Waals surface area contributed by atoms with Crippen LogP contribution in [0.1, 0.15) is 23.6 Å². The molecule has 0 amide bonds. The van der Waals surface area contributed by atoms with Crippen LogP contribution in [-0.4, -0.2) is 61.2 Å². The third-order valence-corrected chi connectivity index (χ3v) is 6.84. The third kappa shape index (κ3) is 7.48. The van der Waals surface area contributed by atoms with E-state index in [1.807, 2.05) is 97.9 Å². The van der Waals surface area contributed by atoms with Gasteiger partial charge in [-0.2, -0.15) is 0 Å². The number of rotatable bonds is 13. The molecule has 0 bridgehead atoms. The molecule has 0 spiro atoms. The predicted octanol–water partition coefficient (Wildman–Crippen LogP) is 4.26. The summed E-state index contributed by atoms with van der Waals surface area (Å²) in [5, 5.41) is 11.4. The van der Waals surface area contributed by atoms with E-state index in [-0.39, 0.29) is 18.8 Å². The maximum Gasteiger partial charge on any atom is 0.186 e. The Morgan fingerprint density at radius 3 is 1.63 bits per heavy atom. The lowest BCUT2D eigenvalue weighted by Crippen LogP contribution is -2.61. The van der Waals surface area contributed by atoms with Gasteiger partial charge >= 0.3 is 0 Å². The smallest absolute Gasteiger partial charge is 0.186 e. The van der Waals surface area contributed by atoms with Crippen LogP contribution >= 0.6 is 0 Å². The van der Waals surface area contributed by atoms with E-state index in [9.17, 15) is 5.11 Å². The molecule has 5 rings (SSSR count). The Kier molecular flexibility index (Phi) is 9.54. The second-order valence-electron chi connectivity index (χ2n) is 9.77. The first-order valence-corrected chi connectivity index (χ1v) is 13.2. The fourth-order valence-corrected chi connectivity index (χ4v) is 4.55. The van der Waals surface area contributed by atoms with Crippen molar-refractivity contribution in [3.63, 3.8) is 0 Å². The molecular weight excluding hydrogens is 484 g/mol. The van der Waals surface area contributed by atoms with Gasteiger partial charge in [0.05, 0.1) is 39.1 Å². The largest absolute Gasteiger partial charge is 0.385 e.